The Morgan fingerprint density at radius 2 is 1.80 bits per heavy atom. The molecule has 0 spiro atoms. The summed E-state index contributed by atoms with van der Waals surface area (Å²) in [6.07, 6.45) is -0.537. The van der Waals surface area contributed by atoms with E-state index in [0.717, 1.165) is 32.2 Å². The molecule has 1 unspecified atom stereocenters. The second-order valence-electron chi connectivity index (χ2n) is 7.01. The van der Waals surface area contributed by atoms with Crippen molar-refractivity contribution in [3.8, 4) is 10.8 Å². The van der Waals surface area contributed by atoms with Crippen LogP contribution >= 0.6 is 11.3 Å². The van der Waals surface area contributed by atoms with Crippen LogP contribution in [-0.2, 0) is 11.2 Å². The number of carbonyl (C=O) groups excluding carboxylic acids is 1. The van der Waals surface area contributed by atoms with Gasteiger partial charge in [0.1, 0.15) is 0 Å². The van der Waals surface area contributed by atoms with Gasteiger partial charge in [0.25, 0.3) is 5.89 Å². The minimum absolute atomic E-state index is 0.0555. The maximum absolute atomic E-state index is 13.0. The first-order valence-electron chi connectivity index (χ1n) is 9.58. The predicted octanol–water partition coefficient (Wildman–Crippen LogP) is 4.51. The first-order chi connectivity index (χ1) is 14.7. The van der Waals surface area contributed by atoms with Gasteiger partial charge in [0.2, 0.25) is 0 Å². The van der Waals surface area contributed by atoms with Crippen LogP contribution in [-0.4, -0.2) is 27.9 Å². The van der Waals surface area contributed by atoms with E-state index in [-0.39, 0.29) is 18.2 Å². The Morgan fingerprint density at radius 1 is 1.00 bits per heavy atom. The number of aliphatic imine (C=N–C) groups is 1. The topological polar surface area (TPSA) is 80.4 Å². The number of carbonyl (C=O) groups is 1. The number of Topliss-reactive ketones (excluding diaryl/α,β-unsaturated/α-hetero) is 1. The Kier molecular flexibility index (Phi) is 4.72. The largest absolute Gasteiger partial charge is 0.402 e. The summed E-state index contributed by atoms with van der Waals surface area (Å²) in [6, 6.07) is 21.9. The van der Waals surface area contributed by atoms with Crippen LogP contribution in [0, 0.1) is 6.92 Å². The molecular formula is C23H18N4O2S. The maximum Gasteiger partial charge on any atom is 0.317 e. The van der Waals surface area contributed by atoms with E-state index in [4.69, 9.17) is 9.41 Å². The van der Waals surface area contributed by atoms with Crippen LogP contribution in [0.2, 0.25) is 0 Å². The normalized spacial score (nSPS) is 16.0. The average molecular weight is 414 g/mol. The van der Waals surface area contributed by atoms with Crippen LogP contribution < -0.4 is 5.32 Å². The van der Waals surface area contributed by atoms with Gasteiger partial charge in [0, 0.05) is 22.4 Å². The first kappa shape index (κ1) is 18.4. The van der Waals surface area contributed by atoms with Crippen molar-refractivity contribution in [2.45, 2.75) is 19.5 Å². The van der Waals surface area contributed by atoms with E-state index in [1.54, 1.807) is 11.3 Å². The lowest BCUT2D eigenvalue weighted by molar-refractivity contribution is -0.119. The maximum atomic E-state index is 13.0. The molecule has 0 bridgehead atoms. The number of thiophene rings is 1. The van der Waals surface area contributed by atoms with E-state index in [1.807, 2.05) is 73.7 Å². The first-order valence-corrected chi connectivity index (χ1v) is 10.4. The third kappa shape index (κ3) is 3.55. The summed E-state index contributed by atoms with van der Waals surface area (Å²) in [5.41, 5.74) is 3.63. The van der Waals surface area contributed by atoms with E-state index in [0.29, 0.717) is 5.89 Å². The highest BCUT2D eigenvalue weighted by atomic mass is 32.1. The van der Waals surface area contributed by atoms with Crippen molar-refractivity contribution in [1.29, 1.82) is 0 Å². The van der Waals surface area contributed by atoms with Gasteiger partial charge in [0.15, 0.2) is 11.9 Å². The number of rotatable bonds is 4. The molecule has 6 nitrogen and oxygen atoms in total. The highest BCUT2D eigenvalue weighted by molar-refractivity contribution is 7.15. The number of hydrogen-bond acceptors (Lipinski definition) is 7. The number of nitrogens with zero attached hydrogens (tertiary/aromatic N) is 3. The van der Waals surface area contributed by atoms with Gasteiger partial charge in [-0.15, -0.1) is 16.4 Å². The number of anilines is 1. The second kappa shape index (κ2) is 7.68. The predicted molar refractivity (Wildman–Crippen MR) is 117 cm³/mol. The highest BCUT2D eigenvalue weighted by Crippen LogP contribution is 2.28. The van der Waals surface area contributed by atoms with E-state index >= 15 is 0 Å². The van der Waals surface area contributed by atoms with Gasteiger partial charge in [0.05, 0.1) is 10.6 Å². The van der Waals surface area contributed by atoms with Crippen molar-refractivity contribution in [3.05, 3.63) is 88.3 Å². The lowest BCUT2D eigenvalue weighted by atomic mass is 9.96. The Balaban J connectivity index is 1.51. The van der Waals surface area contributed by atoms with E-state index < -0.39 is 6.17 Å². The van der Waals surface area contributed by atoms with Crippen LogP contribution in [0.1, 0.15) is 21.6 Å². The van der Waals surface area contributed by atoms with Crippen molar-refractivity contribution in [3.63, 3.8) is 0 Å². The van der Waals surface area contributed by atoms with Gasteiger partial charge in [-0.25, -0.2) is 0 Å². The van der Waals surface area contributed by atoms with Crippen LogP contribution in [0.3, 0.4) is 0 Å². The smallest absolute Gasteiger partial charge is 0.317 e. The zero-order valence-electron chi connectivity index (χ0n) is 16.2. The van der Waals surface area contributed by atoms with Gasteiger partial charge in [-0.3, -0.25) is 9.79 Å². The van der Waals surface area contributed by atoms with Gasteiger partial charge in [-0.1, -0.05) is 59.7 Å². The molecule has 5 rings (SSSR count). The SMILES string of the molecule is Cc1ccc(-c2nnc(NC3N=C(c4ccccc4)c4ccccc4CC3=O)o2)s1. The Hall–Kier alpha value is -3.58. The van der Waals surface area contributed by atoms with E-state index in [9.17, 15) is 4.79 Å². The number of nitrogens with one attached hydrogen (secondary N) is 1. The highest BCUT2D eigenvalue weighted by Gasteiger charge is 2.27. The third-order valence-electron chi connectivity index (χ3n) is 4.88. The molecule has 148 valence electrons. The third-order valence-corrected chi connectivity index (χ3v) is 5.87. The van der Waals surface area contributed by atoms with E-state index in [1.165, 1.54) is 0 Å². The molecule has 0 saturated heterocycles. The average Bonchev–Trinajstić information content (AvgIpc) is 3.38. The molecule has 0 saturated carbocycles. The molecule has 1 N–H and O–H groups in total. The molecular weight excluding hydrogens is 396 g/mol. The van der Waals surface area contributed by atoms with Crippen LogP contribution in [0.4, 0.5) is 6.01 Å². The lowest BCUT2D eigenvalue weighted by Gasteiger charge is -2.11. The molecule has 1 aliphatic heterocycles. The molecule has 0 radical (unpaired) electrons. The van der Waals surface area contributed by atoms with Crippen molar-refractivity contribution >= 4 is 28.8 Å². The zero-order chi connectivity index (χ0) is 20.5. The summed E-state index contributed by atoms with van der Waals surface area (Å²) < 4.78 is 5.75. The van der Waals surface area contributed by atoms with Crippen molar-refractivity contribution in [1.82, 2.24) is 10.2 Å². The Bertz CT molecular complexity index is 1240. The fourth-order valence-electron chi connectivity index (χ4n) is 3.45. The summed E-state index contributed by atoms with van der Waals surface area (Å²) in [6.45, 7) is 2.02. The Labute approximate surface area is 177 Å². The van der Waals surface area contributed by atoms with Crippen LogP contribution in [0.25, 0.3) is 10.8 Å². The van der Waals surface area contributed by atoms with Crippen molar-refractivity contribution < 1.29 is 9.21 Å². The minimum Gasteiger partial charge on any atom is -0.402 e. The molecule has 1 atom stereocenters. The summed E-state index contributed by atoms with van der Waals surface area (Å²) in [5.74, 6) is 0.368. The van der Waals surface area contributed by atoms with Gasteiger partial charge in [-0.2, -0.15) is 0 Å². The molecule has 1 aliphatic rings. The Morgan fingerprint density at radius 3 is 2.60 bits per heavy atom. The number of hydrogen-bond donors (Lipinski definition) is 1. The lowest BCUT2D eigenvalue weighted by Crippen LogP contribution is -2.29. The van der Waals surface area contributed by atoms with Crippen molar-refractivity contribution in [2.75, 3.05) is 5.32 Å². The van der Waals surface area contributed by atoms with E-state index in [2.05, 4.69) is 15.5 Å². The number of aryl methyl sites for hydroxylation is 1. The summed E-state index contributed by atoms with van der Waals surface area (Å²) >= 11 is 1.57. The molecule has 7 heteroatoms. The monoisotopic (exact) mass is 414 g/mol. The second-order valence-corrected chi connectivity index (χ2v) is 8.30. The summed E-state index contributed by atoms with van der Waals surface area (Å²) in [7, 11) is 0. The fraction of sp³-hybridized carbons (Fsp3) is 0.130. The molecule has 0 amide bonds. The number of aromatic nitrogens is 2. The molecule has 30 heavy (non-hydrogen) atoms. The molecule has 0 fully saturated rings. The number of ketones is 1. The molecule has 3 heterocycles. The molecule has 2 aromatic carbocycles. The quantitative estimate of drug-likeness (QED) is 0.532. The zero-order valence-corrected chi connectivity index (χ0v) is 17.0. The standard InChI is InChI=1S/C23H18N4O2S/c1-14-11-12-19(30-14)22-26-27-23(29-22)25-21-18(28)13-16-9-5-6-10-17(16)20(24-21)15-7-3-2-4-8-15/h2-12,21H,13H2,1H3,(H,25,27). The minimum atomic E-state index is -0.814. The number of benzene rings is 2. The van der Waals surface area contributed by atoms with Gasteiger partial charge < -0.3 is 9.73 Å². The van der Waals surface area contributed by atoms with Crippen molar-refractivity contribution in [2.24, 2.45) is 4.99 Å². The number of fused-ring (bicyclic) bond motifs is 1. The summed E-state index contributed by atoms with van der Waals surface area (Å²) in [4.78, 5) is 19.8. The fourth-order valence-corrected chi connectivity index (χ4v) is 4.24. The van der Waals surface area contributed by atoms with Gasteiger partial charge in [-0.05, 0) is 24.6 Å². The molecule has 0 aliphatic carbocycles. The summed E-state index contributed by atoms with van der Waals surface area (Å²) in [5, 5.41) is 11.2. The molecule has 2 aromatic heterocycles. The molecule has 4 aromatic rings. The van der Waals surface area contributed by atoms with Crippen LogP contribution in [0.15, 0.2) is 76.1 Å². The van der Waals surface area contributed by atoms with Crippen LogP contribution in [0.5, 0.6) is 0 Å². The van der Waals surface area contributed by atoms with Gasteiger partial charge >= 0.3 is 6.01 Å².